The molecular formula is C30H23ClN6O2S. The van der Waals surface area contributed by atoms with Gasteiger partial charge in [0.05, 0.1) is 39.3 Å². The topological polar surface area (TPSA) is 104 Å². The van der Waals surface area contributed by atoms with E-state index in [9.17, 15) is 14.9 Å². The summed E-state index contributed by atoms with van der Waals surface area (Å²) in [5.41, 5.74) is 3.82. The van der Waals surface area contributed by atoms with Gasteiger partial charge >= 0.3 is 0 Å². The molecule has 40 heavy (non-hydrogen) atoms. The number of imide groups is 1. The van der Waals surface area contributed by atoms with Crippen molar-refractivity contribution in [3.05, 3.63) is 82.2 Å². The molecule has 0 bridgehead atoms. The Labute approximate surface area is 238 Å². The van der Waals surface area contributed by atoms with E-state index in [0.29, 0.717) is 17.1 Å². The first-order chi connectivity index (χ1) is 19.5. The van der Waals surface area contributed by atoms with Crippen molar-refractivity contribution in [2.45, 2.75) is 25.9 Å². The van der Waals surface area contributed by atoms with E-state index in [0.717, 1.165) is 63.1 Å². The third-order valence-corrected chi connectivity index (χ3v) is 9.25. The number of amides is 2. The van der Waals surface area contributed by atoms with Crippen LogP contribution in [0.2, 0.25) is 5.02 Å². The Kier molecular flexibility index (Phi) is 5.93. The number of hydrogen-bond acceptors (Lipinski definition) is 7. The van der Waals surface area contributed by atoms with Gasteiger partial charge in [-0.3, -0.25) is 24.5 Å². The normalized spacial score (nSPS) is 16.6. The summed E-state index contributed by atoms with van der Waals surface area (Å²) in [7, 11) is 0. The van der Waals surface area contributed by atoms with Crippen LogP contribution in [-0.4, -0.2) is 44.3 Å². The van der Waals surface area contributed by atoms with Crippen LogP contribution in [-0.2, 0) is 13.1 Å². The predicted molar refractivity (Wildman–Crippen MR) is 154 cm³/mol. The lowest BCUT2D eigenvalue weighted by Gasteiger charge is -2.32. The van der Waals surface area contributed by atoms with Gasteiger partial charge in [-0.15, -0.1) is 11.3 Å². The number of piperidine rings is 1. The Balaban J connectivity index is 1.30. The van der Waals surface area contributed by atoms with E-state index in [2.05, 4.69) is 25.9 Å². The molecular weight excluding hydrogens is 544 g/mol. The third kappa shape index (κ3) is 3.99. The van der Waals surface area contributed by atoms with Crippen molar-refractivity contribution in [2.24, 2.45) is 5.41 Å². The molecule has 2 aliphatic rings. The van der Waals surface area contributed by atoms with E-state index in [1.54, 1.807) is 18.3 Å². The minimum atomic E-state index is -0.432. The van der Waals surface area contributed by atoms with Gasteiger partial charge in [0.2, 0.25) is 0 Å². The number of benzene rings is 1. The lowest BCUT2D eigenvalue weighted by atomic mass is 9.80. The molecule has 4 aromatic heterocycles. The highest BCUT2D eigenvalue weighted by molar-refractivity contribution is 7.19. The molecule has 8 nitrogen and oxygen atoms in total. The van der Waals surface area contributed by atoms with Crippen LogP contribution in [0.1, 0.15) is 38.6 Å². The van der Waals surface area contributed by atoms with E-state index in [4.69, 9.17) is 11.6 Å². The first-order valence-electron chi connectivity index (χ1n) is 13.1. The van der Waals surface area contributed by atoms with E-state index in [1.165, 1.54) is 22.4 Å². The zero-order valence-electron chi connectivity index (χ0n) is 21.4. The van der Waals surface area contributed by atoms with Crippen molar-refractivity contribution < 1.29 is 9.59 Å². The molecule has 6 heterocycles. The summed E-state index contributed by atoms with van der Waals surface area (Å²) < 4.78 is 3.13. The van der Waals surface area contributed by atoms with Gasteiger partial charge in [-0.25, -0.2) is 0 Å². The van der Waals surface area contributed by atoms with Crippen molar-refractivity contribution in [3.63, 3.8) is 0 Å². The predicted octanol–water partition coefficient (Wildman–Crippen LogP) is 5.66. The number of carbonyl (C=O) groups is 2. The maximum absolute atomic E-state index is 12.9. The number of pyridine rings is 2. The number of nitriles is 1. The Bertz CT molecular complexity index is 1850. The molecule has 1 N–H and O–H groups in total. The minimum Gasteiger partial charge on any atom is -0.345 e. The Hall–Kier alpha value is -4.10. The summed E-state index contributed by atoms with van der Waals surface area (Å²) in [4.78, 5) is 36.6. The first-order valence-corrected chi connectivity index (χ1v) is 14.3. The van der Waals surface area contributed by atoms with Crippen LogP contribution in [0.4, 0.5) is 0 Å². The molecule has 0 aliphatic carbocycles. The number of aromatic nitrogens is 3. The molecule has 0 saturated carbocycles. The molecule has 2 amide bonds. The molecule has 2 aliphatic heterocycles. The monoisotopic (exact) mass is 566 g/mol. The molecule has 0 unspecified atom stereocenters. The van der Waals surface area contributed by atoms with Crippen molar-refractivity contribution in [1.29, 1.82) is 5.26 Å². The van der Waals surface area contributed by atoms with Crippen LogP contribution in [0.3, 0.4) is 0 Å². The zero-order chi connectivity index (χ0) is 27.4. The molecule has 7 rings (SSSR count). The van der Waals surface area contributed by atoms with Gasteiger partial charge in [-0.05, 0) is 68.4 Å². The molecule has 0 spiro atoms. The second-order valence-corrected chi connectivity index (χ2v) is 11.9. The van der Waals surface area contributed by atoms with Crippen LogP contribution in [0.25, 0.3) is 32.2 Å². The Morgan fingerprint density at radius 3 is 2.67 bits per heavy atom. The van der Waals surface area contributed by atoms with Gasteiger partial charge < -0.3 is 9.88 Å². The summed E-state index contributed by atoms with van der Waals surface area (Å²) in [6.07, 6.45) is 6.93. The fraction of sp³-hybridized carbons (Fsp3) is 0.233. The van der Waals surface area contributed by atoms with Crippen LogP contribution < -0.4 is 5.32 Å². The van der Waals surface area contributed by atoms with E-state index in [1.807, 2.05) is 36.5 Å². The largest absolute Gasteiger partial charge is 0.345 e. The van der Waals surface area contributed by atoms with E-state index in [-0.39, 0.29) is 24.1 Å². The van der Waals surface area contributed by atoms with E-state index >= 15 is 0 Å². The van der Waals surface area contributed by atoms with E-state index < -0.39 is 5.41 Å². The summed E-state index contributed by atoms with van der Waals surface area (Å²) in [5, 5.41) is 15.1. The SMILES string of the molecule is N#CC1(Cn2ccc3cc(Cl)cc(-c4ccnc5cc(CN6C(=O)c7cccnc7C6=O)sc45)c32)CCNCC1. The lowest BCUT2D eigenvalue weighted by molar-refractivity contribution is 0.0642. The fourth-order valence-corrected chi connectivity index (χ4v) is 7.23. The van der Waals surface area contributed by atoms with Crippen molar-refractivity contribution in [3.8, 4) is 17.2 Å². The average Bonchev–Trinajstić information content (AvgIpc) is 3.64. The molecule has 10 heteroatoms. The van der Waals surface area contributed by atoms with Crippen LogP contribution in [0.15, 0.2) is 61.1 Å². The van der Waals surface area contributed by atoms with Gasteiger partial charge in [0.15, 0.2) is 0 Å². The molecule has 0 atom stereocenters. The van der Waals surface area contributed by atoms with Crippen molar-refractivity contribution >= 4 is 55.9 Å². The molecule has 1 fully saturated rings. The van der Waals surface area contributed by atoms with Gasteiger partial charge in [-0.1, -0.05) is 11.6 Å². The van der Waals surface area contributed by atoms with Crippen LogP contribution >= 0.6 is 22.9 Å². The molecule has 1 saturated heterocycles. The quantitative estimate of drug-likeness (QED) is 0.275. The zero-order valence-corrected chi connectivity index (χ0v) is 22.9. The molecule has 5 aromatic rings. The number of hydrogen-bond donors (Lipinski definition) is 1. The van der Waals surface area contributed by atoms with Crippen LogP contribution in [0.5, 0.6) is 0 Å². The molecule has 0 radical (unpaired) electrons. The minimum absolute atomic E-state index is 0.147. The molecule has 1 aromatic carbocycles. The first kappa shape index (κ1) is 24.9. The number of nitrogens with one attached hydrogen (secondary N) is 1. The highest BCUT2D eigenvalue weighted by Crippen LogP contribution is 2.41. The lowest BCUT2D eigenvalue weighted by Crippen LogP contribution is -2.38. The maximum Gasteiger partial charge on any atom is 0.280 e. The fourth-order valence-electron chi connectivity index (χ4n) is 5.88. The third-order valence-electron chi connectivity index (χ3n) is 7.89. The number of fused-ring (bicyclic) bond motifs is 3. The number of thiophene rings is 1. The second-order valence-electron chi connectivity index (χ2n) is 10.4. The standard InChI is InChI=1S/C30H23ClN6O2S/c31-19-12-18-4-11-36(17-30(16-32)5-9-33-10-6-30)26(18)23(13-19)21-3-8-34-24-14-20(40-27(21)24)15-37-28(38)22-2-1-7-35-25(22)29(37)39/h1-4,7-8,11-14,33H,5-6,9-10,15,17H2. The number of nitrogens with zero attached hydrogens (tertiary/aromatic N) is 5. The highest BCUT2D eigenvalue weighted by Gasteiger charge is 2.37. The summed E-state index contributed by atoms with van der Waals surface area (Å²) in [5.74, 6) is -0.720. The highest BCUT2D eigenvalue weighted by atomic mass is 35.5. The Morgan fingerprint density at radius 2 is 1.88 bits per heavy atom. The number of carbonyl (C=O) groups excluding carboxylic acids is 2. The van der Waals surface area contributed by atoms with Gasteiger partial charge in [-0.2, -0.15) is 5.26 Å². The summed E-state index contributed by atoms with van der Waals surface area (Å²) in [6.45, 7) is 2.41. The van der Waals surface area contributed by atoms with Crippen molar-refractivity contribution in [1.82, 2.24) is 24.8 Å². The van der Waals surface area contributed by atoms with Crippen molar-refractivity contribution in [2.75, 3.05) is 13.1 Å². The molecule has 198 valence electrons. The number of halogens is 1. The average molecular weight is 567 g/mol. The van der Waals surface area contributed by atoms with Gasteiger partial charge in [0, 0.05) is 51.5 Å². The smallest absolute Gasteiger partial charge is 0.280 e. The maximum atomic E-state index is 12.9. The van der Waals surface area contributed by atoms with Gasteiger partial charge in [0.25, 0.3) is 11.8 Å². The summed E-state index contributed by atoms with van der Waals surface area (Å²) in [6, 6.07) is 15.8. The van der Waals surface area contributed by atoms with Crippen LogP contribution in [0, 0.1) is 16.7 Å². The second kappa shape index (κ2) is 9.52. The van der Waals surface area contributed by atoms with Gasteiger partial charge in [0.1, 0.15) is 5.69 Å². The number of rotatable bonds is 5. The summed E-state index contributed by atoms with van der Waals surface area (Å²) >= 11 is 8.11. The Morgan fingerprint density at radius 1 is 1.02 bits per heavy atom.